The van der Waals surface area contributed by atoms with Crippen molar-refractivity contribution in [3.8, 4) is 0 Å². The van der Waals surface area contributed by atoms with Crippen molar-refractivity contribution in [2.75, 3.05) is 13.1 Å². The highest BCUT2D eigenvalue weighted by molar-refractivity contribution is 4.72. The number of hydrogen-bond acceptors (Lipinski definition) is 1. The lowest BCUT2D eigenvalue weighted by atomic mass is 9.83. The first-order chi connectivity index (χ1) is 8.26. The van der Waals surface area contributed by atoms with Crippen LogP contribution in [-0.4, -0.2) is 13.1 Å². The van der Waals surface area contributed by atoms with E-state index in [1.165, 1.54) is 64.5 Å². The van der Waals surface area contributed by atoms with Gasteiger partial charge in [-0.3, -0.25) is 0 Å². The highest BCUT2D eigenvalue weighted by Crippen LogP contribution is 2.27. The topological polar surface area (TPSA) is 12.0 Å². The van der Waals surface area contributed by atoms with Crippen LogP contribution >= 0.6 is 0 Å². The molecule has 0 bridgehead atoms. The molecule has 1 aliphatic carbocycles. The van der Waals surface area contributed by atoms with Gasteiger partial charge in [0.2, 0.25) is 0 Å². The van der Waals surface area contributed by atoms with Gasteiger partial charge in [0.1, 0.15) is 0 Å². The lowest BCUT2D eigenvalue weighted by molar-refractivity contribution is 0.275. The first-order valence-electron chi connectivity index (χ1n) is 7.96. The number of rotatable bonds is 8. The summed E-state index contributed by atoms with van der Waals surface area (Å²) in [5, 5.41) is 3.73. The van der Waals surface area contributed by atoms with Crippen LogP contribution in [0, 0.1) is 17.8 Å². The lowest BCUT2D eigenvalue weighted by Gasteiger charge is -2.27. The molecule has 0 heterocycles. The minimum absolute atomic E-state index is 0.914. The first kappa shape index (κ1) is 15.0. The molecule has 102 valence electrons. The predicted octanol–water partition coefficient (Wildman–Crippen LogP) is 4.62. The molecule has 1 saturated carbocycles. The summed E-state index contributed by atoms with van der Waals surface area (Å²) >= 11 is 0. The smallest absolute Gasteiger partial charge is 0.00204 e. The van der Waals surface area contributed by atoms with Gasteiger partial charge in [0.05, 0.1) is 0 Å². The molecule has 1 aliphatic rings. The van der Waals surface area contributed by atoms with Gasteiger partial charge in [-0.25, -0.2) is 0 Å². The summed E-state index contributed by atoms with van der Waals surface area (Å²) < 4.78 is 0. The summed E-state index contributed by atoms with van der Waals surface area (Å²) in [5.41, 5.74) is 0. The Morgan fingerprint density at radius 2 is 1.82 bits per heavy atom. The van der Waals surface area contributed by atoms with Gasteiger partial charge in [-0.05, 0) is 50.1 Å². The molecule has 17 heavy (non-hydrogen) atoms. The Labute approximate surface area is 109 Å². The van der Waals surface area contributed by atoms with Gasteiger partial charge in [0, 0.05) is 0 Å². The molecular formula is C16H33N. The SMILES string of the molecule is CCCCC(CC)CNCC1CCC(C)CC1. The standard InChI is InChI=1S/C16H33N/c1-4-6-7-15(5-2)12-17-13-16-10-8-14(3)9-11-16/h14-17H,4-13H2,1-3H3. The van der Waals surface area contributed by atoms with E-state index in [1.54, 1.807) is 0 Å². The van der Waals surface area contributed by atoms with Crippen molar-refractivity contribution < 1.29 is 0 Å². The van der Waals surface area contributed by atoms with E-state index in [2.05, 4.69) is 26.1 Å². The molecule has 1 N–H and O–H groups in total. The van der Waals surface area contributed by atoms with Crippen LogP contribution in [0.3, 0.4) is 0 Å². The summed E-state index contributed by atoms with van der Waals surface area (Å²) in [7, 11) is 0. The van der Waals surface area contributed by atoms with E-state index < -0.39 is 0 Å². The summed E-state index contributed by atoms with van der Waals surface area (Å²) in [6.07, 6.45) is 11.3. The molecule has 0 aromatic heterocycles. The molecule has 1 atom stereocenters. The van der Waals surface area contributed by atoms with E-state index in [0.717, 1.165) is 17.8 Å². The first-order valence-corrected chi connectivity index (χ1v) is 7.96. The van der Waals surface area contributed by atoms with Crippen LogP contribution in [-0.2, 0) is 0 Å². The minimum Gasteiger partial charge on any atom is -0.316 e. The monoisotopic (exact) mass is 239 g/mol. The van der Waals surface area contributed by atoms with Crippen molar-refractivity contribution in [2.24, 2.45) is 17.8 Å². The molecule has 0 aromatic rings. The number of unbranched alkanes of at least 4 members (excludes halogenated alkanes) is 1. The van der Waals surface area contributed by atoms with Gasteiger partial charge in [0.25, 0.3) is 0 Å². The molecule has 1 nitrogen and oxygen atoms in total. The van der Waals surface area contributed by atoms with Crippen LogP contribution in [0.25, 0.3) is 0 Å². The molecule has 1 heteroatoms. The largest absolute Gasteiger partial charge is 0.316 e. The minimum atomic E-state index is 0.914. The van der Waals surface area contributed by atoms with Crippen LogP contribution in [0.15, 0.2) is 0 Å². The van der Waals surface area contributed by atoms with E-state index in [-0.39, 0.29) is 0 Å². The van der Waals surface area contributed by atoms with Gasteiger partial charge >= 0.3 is 0 Å². The zero-order valence-corrected chi connectivity index (χ0v) is 12.3. The average molecular weight is 239 g/mol. The normalized spacial score (nSPS) is 27.0. The average Bonchev–Trinajstić information content (AvgIpc) is 2.36. The molecule has 0 saturated heterocycles. The number of nitrogens with one attached hydrogen (secondary N) is 1. The van der Waals surface area contributed by atoms with Crippen LogP contribution in [0.1, 0.15) is 72.1 Å². The number of hydrogen-bond donors (Lipinski definition) is 1. The maximum atomic E-state index is 3.73. The predicted molar refractivity (Wildman–Crippen MR) is 77.3 cm³/mol. The molecule has 1 rings (SSSR count). The fourth-order valence-corrected chi connectivity index (χ4v) is 2.97. The van der Waals surface area contributed by atoms with Gasteiger partial charge in [-0.2, -0.15) is 0 Å². The fourth-order valence-electron chi connectivity index (χ4n) is 2.97. The molecular weight excluding hydrogens is 206 g/mol. The van der Waals surface area contributed by atoms with E-state index in [1.807, 2.05) is 0 Å². The summed E-state index contributed by atoms with van der Waals surface area (Å²) in [6.45, 7) is 9.56. The molecule has 0 amide bonds. The van der Waals surface area contributed by atoms with Crippen molar-refractivity contribution in [3.05, 3.63) is 0 Å². The molecule has 0 radical (unpaired) electrons. The summed E-state index contributed by atoms with van der Waals surface area (Å²) in [6, 6.07) is 0. The van der Waals surface area contributed by atoms with E-state index >= 15 is 0 Å². The lowest BCUT2D eigenvalue weighted by Crippen LogP contribution is -2.30. The molecule has 0 aliphatic heterocycles. The van der Waals surface area contributed by atoms with Crippen LogP contribution in [0.2, 0.25) is 0 Å². The third kappa shape index (κ3) is 6.45. The van der Waals surface area contributed by atoms with Gasteiger partial charge in [-0.15, -0.1) is 0 Å². The van der Waals surface area contributed by atoms with E-state index in [9.17, 15) is 0 Å². The van der Waals surface area contributed by atoms with Crippen LogP contribution in [0.4, 0.5) is 0 Å². The van der Waals surface area contributed by atoms with Crippen molar-refractivity contribution in [3.63, 3.8) is 0 Å². The second-order valence-corrected chi connectivity index (χ2v) is 6.20. The third-order valence-corrected chi connectivity index (χ3v) is 4.54. The Hall–Kier alpha value is -0.0400. The summed E-state index contributed by atoms with van der Waals surface area (Å²) in [5.74, 6) is 2.87. The zero-order chi connectivity index (χ0) is 12.5. The second-order valence-electron chi connectivity index (χ2n) is 6.20. The Morgan fingerprint density at radius 3 is 2.41 bits per heavy atom. The Morgan fingerprint density at radius 1 is 1.12 bits per heavy atom. The third-order valence-electron chi connectivity index (χ3n) is 4.54. The zero-order valence-electron chi connectivity index (χ0n) is 12.3. The highest BCUT2D eigenvalue weighted by Gasteiger charge is 2.17. The van der Waals surface area contributed by atoms with Gasteiger partial charge < -0.3 is 5.32 Å². The Balaban J connectivity index is 2.05. The van der Waals surface area contributed by atoms with E-state index in [4.69, 9.17) is 0 Å². The molecule has 1 fully saturated rings. The summed E-state index contributed by atoms with van der Waals surface area (Å²) in [4.78, 5) is 0. The van der Waals surface area contributed by atoms with Crippen molar-refractivity contribution in [1.29, 1.82) is 0 Å². The quantitative estimate of drug-likeness (QED) is 0.652. The Bertz CT molecular complexity index is 166. The van der Waals surface area contributed by atoms with Crippen LogP contribution < -0.4 is 5.32 Å². The molecule has 1 unspecified atom stereocenters. The van der Waals surface area contributed by atoms with Crippen molar-refractivity contribution >= 4 is 0 Å². The Kier molecular flexibility index (Phi) is 7.92. The van der Waals surface area contributed by atoms with Crippen molar-refractivity contribution in [1.82, 2.24) is 5.32 Å². The van der Waals surface area contributed by atoms with Gasteiger partial charge in [0.15, 0.2) is 0 Å². The van der Waals surface area contributed by atoms with E-state index in [0.29, 0.717) is 0 Å². The molecule has 0 aromatic carbocycles. The second kappa shape index (κ2) is 8.97. The maximum absolute atomic E-state index is 3.73. The molecule has 0 spiro atoms. The van der Waals surface area contributed by atoms with Gasteiger partial charge in [-0.1, -0.05) is 52.9 Å². The van der Waals surface area contributed by atoms with Crippen LogP contribution in [0.5, 0.6) is 0 Å². The van der Waals surface area contributed by atoms with Crippen molar-refractivity contribution in [2.45, 2.75) is 72.1 Å². The highest BCUT2D eigenvalue weighted by atomic mass is 14.9. The fraction of sp³-hybridized carbons (Fsp3) is 1.00. The maximum Gasteiger partial charge on any atom is -0.00204 e.